The van der Waals surface area contributed by atoms with Gasteiger partial charge in [0, 0.05) is 31.6 Å². The lowest BCUT2D eigenvalue weighted by atomic mass is 9.44. The first-order valence-electron chi connectivity index (χ1n) is 12.9. The Labute approximate surface area is 221 Å². The van der Waals surface area contributed by atoms with Crippen LogP contribution in [0.4, 0.5) is 0 Å². The normalized spacial score (nSPS) is 48.9. The summed E-state index contributed by atoms with van der Waals surface area (Å²) in [4.78, 5) is 0. The molecular weight excluding hydrogens is 594 g/mol. The van der Waals surface area contributed by atoms with Crippen LogP contribution in [0.5, 0.6) is 0 Å². The van der Waals surface area contributed by atoms with Crippen molar-refractivity contribution in [2.24, 2.45) is 29.1 Å². The molecule has 0 radical (unpaired) electrons. The topological polar surface area (TPSA) is 0 Å². The van der Waals surface area contributed by atoms with Gasteiger partial charge in [0.2, 0.25) is 0 Å². The zero-order valence-electron chi connectivity index (χ0n) is 20.4. The first kappa shape index (κ1) is 26.0. The number of quaternary nitrogens is 2. The molecule has 2 nitrogen and oxygen atoms in total. The van der Waals surface area contributed by atoms with Crippen LogP contribution in [0, 0.1) is 29.1 Å². The maximum absolute atomic E-state index is 2.76. The molecule has 30 heavy (non-hydrogen) atoms. The highest BCUT2D eigenvalue weighted by atomic mass is 127. The third-order valence-electron chi connectivity index (χ3n) is 12.1. The van der Waals surface area contributed by atoms with Crippen molar-refractivity contribution in [2.45, 2.75) is 96.1 Å². The van der Waals surface area contributed by atoms with Gasteiger partial charge in [-0.15, -0.1) is 0 Å². The van der Waals surface area contributed by atoms with E-state index in [4.69, 9.17) is 0 Å². The molecule has 0 aromatic heterocycles. The minimum absolute atomic E-state index is 0. The number of likely N-dealkylation sites (tertiary alicyclic amines) is 2. The van der Waals surface area contributed by atoms with Gasteiger partial charge in [-0.1, -0.05) is 6.92 Å². The Bertz CT molecular complexity index is 616. The van der Waals surface area contributed by atoms with Gasteiger partial charge in [-0.3, -0.25) is 0 Å². The molecule has 5 aliphatic rings. The Morgan fingerprint density at radius 2 is 1.40 bits per heavy atom. The second-order valence-corrected chi connectivity index (χ2v) is 13.2. The van der Waals surface area contributed by atoms with Gasteiger partial charge < -0.3 is 56.9 Å². The molecule has 2 aliphatic heterocycles. The monoisotopic (exact) mass is 642 g/mol. The third-order valence-corrected chi connectivity index (χ3v) is 12.1. The molecule has 2 heterocycles. The van der Waals surface area contributed by atoms with Crippen LogP contribution >= 0.6 is 0 Å². The molecule has 0 aromatic rings. The zero-order valence-corrected chi connectivity index (χ0v) is 24.8. The summed E-state index contributed by atoms with van der Waals surface area (Å²) >= 11 is 0. The number of piperidine rings is 1. The van der Waals surface area contributed by atoms with Gasteiger partial charge in [0.05, 0.1) is 52.4 Å². The molecule has 0 spiro atoms. The lowest BCUT2D eigenvalue weighted by molar-refractivity contribution is -0.952. The average molecular weight is 642 g/mol. The molecule has 2 saturated heterocycles. The van der Waals surface area contributed by atoms with Crippen molar-refractivity contribution >= 4 is 0 Å². The van der Waals surface area contributed by atoms with E-state index in [0.29, 0.717) is 11.0 Å². The molecule has 0 bridgehead atoms. The van der Waals surface area contributed by atoms with Gasteiger partial charge in [0.15, 0.2) is 0 Å². The van der Waals surface area contributed by atoms with Crippen molar-refractivity contribution in [3.05, 3.63) is 0 Å². The van der Waals surface area contributed by atoms with Crippen molar-refractivity contribution in [3.8, 4) is 0 Å². The van der Waals surface area contributed by atoms with Gasteiger partial charge in [-0.05, 0) is 75.0 Å². The number of fused-ring (bicyclic) bond motifs is 5. The first-order valence-corrected chi connectivity index (χ1v) is 12.9. The van der Waals surface area contributed by atoms with Crippen LogP contribution in [0.3, 0.4) is 0 Å². The SMILES string of the molecule is C[C@]12CC[C@H]([N+]3(C)CCCC3)C[C@@H]1CC[C@@H]1[C@@H]2CC[C@@]2(C)[C@H]1CCC[N+]2(C)C.[I-].[I-]. The van der Waals surface area contributed by atoms with Crippen LogP contribution in [0.15, 0.2) is 0 Å². The molecule has 4 heteroatoms. The highest BCUT2D eigenvalue weighted by molar-refractivity contribution is 5.07. The summed E-state index contributed by atoms with van der Waals surface area (Å²) in [5.74, 6) is 4.09. The van der Waals surface area contributed by atoms with Gasteiger partial charge in [-0.25, -0.2) is 0 Å². The summed E-state index contributed by atoms with van der Waals surface area (Å²) in [7, 11) is 7.69. The summed E-state index contributed by atoms with van der Waals surface area (Å²) < 4.78 is 2.71. The predicted octanol–water partition coefficient (Wildman–Crippen LogP) is -0.525. The minimum Gasteiger partial charge on any atom is -1.00 e. The predicted molar refractivity (Wildman–Crippen MR) is 118 cm³/mol. The fraction of sp³-hybridized carbons (Fsp3) is 1.00. The number of halogens is 2. The smallest absolute Gasteiger partial charge is 0.0991 e. The van der Waals surface area contributed by atoms with E-state index in [1.807, 2.05) is 0 Å². The minimum atomic E-state index is 0. The summed E-state index contributed by atoms with van der Waals surface area (Å²) in [6.07, 6.45) is 16.7. The zero-order chi connectivity index (χ0) is 19.8. The quantitative estimate of drug-likeness (QED) is 0.267. The molecule has 0 N–H and O–H groups in total. The van der Waals surface area contributed by atoms with Crippen LogP contribution < -0.4 is 48.0 Å². The lowest BCUT2D eigenvalue weighted by Gasteiger charge is -2.65. The van der Waals surface area contributed by atoms with E-state index >= 15 is 0 Å². The number of hydrogen-bond donors (Lipinski definition) is 0. The molecule has 0 unspecified atom stereocenters. The maximum atomic E-state index is 2.76. The van der Waals surface area contributed by atoms with Crippen molar-refractivity contribution in [3.63, 3.8) is 0 Å². The molecule has 7 atom stereocenters. The molecule has 3 aliphatic carbocycles. The fourth-order valence-electron chi connectivity index (χ4n) is 9.76. The Morgan fingerprint density at radius 3 is 2.10 bits per heavy atom. The highest BCUT2D eigenvalue weighted by Crippen LogP contribution is 2.64. The summed E-state index contributed by atoms with van der Waals surface area (Å²) in [5.41, 5.74) is 1.21. The second-order valence-electron chi connectivity index (χ2n) is 13.2. The fourth-order valence-corrected chi connectivity index (χ4v) is 9.76. The molecule has 5 fully saturated rings. The van der Waals surface area contributed by atoms with Gasteiger partial charge in [0.25, 0.3) is 0 Å². The van der Waals surface area contributed by atoms with E-state index in [-0.39, 0.29) is 48.0 Å². The van der Waals surface area contributed by atoms with E-state index in [1.165, 1.54) is 73.5 Å². The molecule has 176 valence electrons. The van der Waals surface area contributed by atoms with Crippen LogP contribution in [-0.4, -0.2) is 61.3 Å². The Kier molecular flexibility index (Phi) is 7.68. The largest absolute Gasteiger partial charge is 1.00 e. The van der Waals surface area contributed by atoms with Crippen molar-refractivity contribution < 1.29 is 56.9 Å². The molecule has 5 rings (SSSR count). The van der Waals surface area contributed by atoms with Gasteiger partial charge in [0.1, 0.15) is 0 Å². The number of rotatable bonds is 1. The summed E-state index contributed by atoms with van der Waals surface area (Å²) in [6, 6.07) is 0.983. The van der Waals surface area contributed by atoms with Gasteiger partial charge in [-0.2, -0.15) is 0 Å². The van der Waals surface area contributed by atoms with Crippen LogP contribution in [0.1, 0.15) is 84.5 Å². The van der Waals surface area contributed by atoms with Gasteiger partial charge >= 0.3 is 0 Å². The Morgan fingerprint density at radius 1 is 0.700 bits per heavy atom. The molecule has 0 amide bonds. The van der Waals surface area contributed by atoms with Crippen LogP contribution in [0.25, 0.3) is 0 Å². The maximum Gasteiger partial charge on any atom is 0.0991 e. The Hall–Kier alpha value is 1.38. The number of hydrogen-bond acceptors (Lipinski definition) is 0. The second kappa shape index (κ2) is 8.87. The number of nitrogens with zero attached hydrogens (tertiary/aromatic N) is 2. The van der Waals surface area contributed by atoms with Crippen molar-refractivity contribution in [2.75, 3.05) is 40.8 Å². The van der Waals surface area contributed by atoms with E-state index in [2.05, 4.69) is 35.0 Å². The lowest BCUT2D eigenvalue weighted by Crippen LogP contribution is -3.00. The summed E-state index contributed by atoms with van der Waals surface area (Å²) in [5, 5.41) is 0. The van der Waals surface area contributed by atoms with E-state index in [0.717, 1.165) is 29.7 Å². The van der Waals surface area contributed by atoms with E-state index in [1.54, 1.807) is 25.7 Å². The summed E-state index contributed by atoms with van der Waals surface area (Å²) in [6.45, 7) is 9.78. The van der Waals surface area contributed by atoms with Crippen molar-refractivity contribution in [1.29, 1.82) is 0 Å². The highest BCUT2D eigenvalue weighted by Gasteiger charge is 2.62. The van der Waals surface area contributed by atoms with E-state index in [9.17, 15) is 0 Å². The van der Waals surface area contributed by atoms with Crippen molar-refractivity contribution in [1.82, 2.24) is 0 Å². The standard InChI is InChI=1S/C26H48N2.2HI/c1-25-14-12-21(28(5)17-6-7-18-28)19-20(25)10-11-22-23(25)13-15-26(2)24(22)9-8-16-27(26,3)4;;/h20-24H,6-19H2,1-5H3;2*1H/q+2;;/p-2/t20-,21-,22+,23-,24-,25-,26-;;/m0../s1. The Balaban J connectivity index is 0.00000128. The molecule has 0 aromatic carbocycles. The van der Waals surface area contributed by atoms with E-state index < -0.39 is 0 Å². The molecular formula is C26H48I2N2. The third kappa shape index (κ3) is 3.76. The first-order chi connectivity index (χ1) is 13.2. The molecule has 3 saturated carbocycles. The average Bonchev–Trinajstić information content (AvgIpc) is 3.09. The van der Waals surface area contributed by atoms with Crippen LogP contribution in [0.2, 0.25) is 0 Å². The van der Waals surface area contributed by atoms with Crippen LogP contribution in [-0.2, 0) is 0 Å².